The van der Waals surface area contributed by atoms with Gasteiger partial charge >= 0.3 is 0 Å². The van der Waals surface area contributed by atoms with Crippen molar-refractivity contribution in [1.82, 2.24) is 15.2 Å². The standard InChI is InChI=1S/C21H29N5.HI/c22-21(24-14-12-19-10-4-6-13-23-19)25-16-20-11-5-7-15-26(20)17-18-8-2-1-3-9-18;/h1-4,6,8-10,13,20H,5,7,11-12,14-17H2,(H3,22,24,25);1H. The van der Waals surface area contributed by atoms with E-state index in [1.165, 1.54) is 24.8 Å². The van der Waals surface area contributed by atoms with Gasteiger partial charge in [-0.25, -0.2) is 0 Å². The third-order valence-corrected chi connectivity index (χ3v) is 4.86. The summed E-state index contributed by atoms with van der Waals surface area (Å²) < 4.78 is 0. The van der Waals surface area contributed by atoms with Crippen molar-refractivity contribution >= 4 is 29.9 Å². The second kappa shape index (κ2) is 11.9. The van der Waals surface area contributed by atoms with E-state index in [-0.39, 0.29) is 24.0 Å². The molecule has 1 aliphatic rings. The zero-order chi connectivity index (χ0) is 18.0. The number of guanidine groups is 1. The average Bonchev–Trinajstić information content (AvgIpc) is 2.69. The number of likely N-dealkylation sites (tertiary alicyclic amines) is 1. The minimum Gasteiger partial charge on any atom is -0.370 e. The molecule has 27 heavy (non-hydrogen) atoms. The smallest absolute Gasteiger partial charge is 0.188 e. The lowest BCUT2D eigenvalue weighted by Crippen LogP contribution is -2.42. The Hall–Kier alpha value is -1.67. The molecule has 3 rings (SSSR count). The summed E-state index contributed by atoms with van der Waals surface area (Å²) in [5.74, 6) is 0.533. The van der Waals surface area contributed by atoms with Gasteiger partial charge in [-0.05, 0) is 37.1 Å². The van der Waals surface area contributed by atoms with Crippen LogP contribution in [0.4, 0.5) is 0 Å². The summed E-state index contributed by atoms with van der Waals surface area (Å²) in [5.41, 5.74) is 8.48. The molecule has 1 aliphatic heterocycles. The van der Waals surface area contributed by atoms with Crippen LogP contribution < -0.4 is 11.1 Å². The second-order valence-electron chi connectivity index (χ2n) is 6.83. The Bertz CT molecular complexity index is 677. The molecule has 0 radical (unpaired) electrons. The summed E-state index contributed by atoms with van der Waals surface area (Å²) in [5, 5.41) is 3.20. The number of aromatic nitrogens is 1. The Kier molecular flexibility index (Phi) is 9.55. The van der Waals surface area contributed by atoms with E-state index in [1.807, 2.05) is 24.4 Å². The van der Waals surface area contributed by atoms with E-state index in [2.05, 4.69) is 50.5 Å². The van der Waals surface area contributed by atoms with Crippen LogP contribution in [0.25, 0.3) is 0 Å². The quantitative estimate of drug-likeness (QED) is 0.364. The van der Waals surface area contributed by atoms with E-state index in [1.54, 1.807) is 0 Å². The van der Waals surface area contributed by atoms with Crippen LogP contribution in [0.1, 0.15) is 30.5 Å². The largest absolute Gasteiger partial charge is 0.370 e. The Morgan fingerprint density at radius 3 is 2.74 bits per heavy atom. The van der Waals surface area contributed by atoms with Crippen LogP contribution in [-0.4, -0.2) is 41.5 Å². The number of nitrogens with one attached hydrogen (secondary N) is 1. The summed E-state index contributed by atoms with van der Waals surface area (Å²) in [7, 11) is 0. The molecule has 1 unspecified atom stereocenters. The average molecular weight is 479 g/mol. The van der Waals surface area contributed by atoms with Crippen molar-refractivity contribution in [2.24, 2.45) is 10.7 Å². The van der Waals surface area contributed by atoms with E-state index in [0.717, 1.165) is 38.3 Å². The molecule has 5 nitrogen and oxygen atoms in total. The number of halogens is 1. The fourth-order valence-electron chi connectivity index (χ4n) is 3.42. The molecular formula is C21H30IN5. The maximum absolute atomic E-state index is 6.05. The predicted molar refractivity (Wildman–Crippen MR) is 122 cm³/mol. The number of benzene rings is 1. The Balaban J connectivity index is 0.00000261. The van der Waals surface area contributed by atoms with Gasteiger partial charge in [0.1, 0.15) is 0 Å². The van der Waals surface area contributed by atoms with E-state index in [4.69, 9.17) is 5.73 Å². The number of pyridine rings is 1. The number of hydrogen-bond acceptors (Lipinski definition) is 3. The Labute approximate surface area is 179 Å². The Morgan fingerprint density at radius 1 is 1.15 bits per heavy atom. The molecule has 0 saturated carbocycles. The molecule has 2 heterocycles. The first kappa shape index (κ1) is 21.6. The van der Waals surface area contributed by atoms with E-state index in [0.29, 0.717) is 12.0 Å². The molecule has 6 heteroatoms. The molecule has 1 saturated heterocycles. The number of hydrogen-bond donors (Lipinski definition) is 2. The van der Waals surface area contributed by atoms with Gasteiger partial charge in [0.05, 0.1) is 6.54 Å². The van der Waals surface area contributed by atoms with Gasteiger partial charge in [0, 0.05) is 37.4 Å². The van der Waals surface area contributed by atoms with Crippen molar-refractivity contribution in [3.63, 3.8) is 0 Å². The molecule has 1 atom stereocenters. The minimum absolute atomic E-state index is 0. The zero-order valence-electron chi connectivity index (χ0n) is 15.8. The molecule has 146 valence electrons. The van der Waals surface area contributed by atoms with Crippen molar-refractivity contribution in [3.8, 4) is 0 Å². The molecule has 1 aromatic heterocycles. The topological polar surface area (TPSA) is 66.5 Å². The number of rotatable bonds is 7. The van der Waals surface area contributed by atoms with E-state index >= 15 is 0 Å². The van der Waals surface area contributed by atoms with Crippen molar-refractivity contribution in [2.45, 2.75) is 38.3 Å². The normalized spacial score (nSPS) is 17.9. The van der Waals surface area contributed by atoms with Crippen LogP contribution in [0.5, 0.6) is 0 Å². The van der Waals surface area contributed by atoms with Gasteiger partial charge in [0.2, 0.25) is 0 Å². The van der Waals surface area contributed by atoms with Gasteiger partial charge in [-0.2, -0.15) is 0 Å². The van der Waals surface area contributed by atoms with Gasteiger partial charge in [-0.15, -0.1) is 24.0 Å². The SMILES string of the molecule is I.NC(=NCC1CCCCN1Cc1ccccc1)NCCc1ccccn1. The van der Waals surface area contributed by atoms with Crippen LogP contribution in [-0.2, 0) is 13.0 Å². The van der Waals surface area contributed by atoms with Crippen LogP contribution in [0.3, 0.4) is 0 Å². The number of nitrogens with zero attached hydrogens (tertiary/aromatic N) is 3. The van der Waals surface area contributed by atoms with Crippen molar-refractivity contribution in [2.75, 3.05) is 19.6 Å². The fourth-order valence-corrected chi connectivity index (χ4v) is 3.42. The fraction of sp³-hybridized carbons (Fsp3) is 0.429. The summed E-state index contributed by atoms with van der Waals surface area (Å²) in [4.78, 5) is 11.5. The first-order chi connectivity index (χ1) is 12.8. The number of nitrogens with two attached hydrogens (primary N) is 1. The third-order valence-electron chi connectivity index (χ3n) is 4.86. The molecular weight excluding hydrogens is 449 g/mol. The van der Waals surface area contributed by atoms with E-state index in [9.17, 15) is 0 Å². The first-order valence-corrected chi connectivity index (χ1v) is 9.53. The maximum Gasteiger partial charge on any atom is 0.188 e. The molecule has 0 bridgehead atoms. The summed E-state index contributed by atoms with van der Waals surface area (Å²) in [6.07, 6.45) is 6.40. The lowest BCUT2D eigenvalue weighted by molar-refractivity contribution is 0.145. The van der Waals surface area contributed by atoms with Crippen molar-refractivity contribution < 1.29 is 0 Å². The zero-order valence-corrected chi connectivity index (χ0v) is 18.1. The number of aliphatic imine (C=N–C) groups is 1. The molecule has 1 aromatic carbocycles. The molecule has 1 fully saturated rings. The Morgan fingerprint density at radius 2 is 1.96 bits per heavy atom. The second-order valence-corrected chi connectivity index (χ2v) is 6.83. The lowest BCUT2D eigenvalue weighted by Gasteiger charge is -2.35. The van der Waals surface area contributed by atoms with Gasteiger partial charge in [-0.1, -0.05) is 42.8 Å². The highest BCUT2D eigenvalue weighted by Crippen LogP contribution is 2.19. The highest BCUT2D eigenvalue weighted by Gasteiger charge is 2.22. The van der Waals surface area contributed by atoms with Crippen LogP contribution in [0.2, 0.25) is 0 Å². The number of piperidine rings is 1. The van der Waals surface area contributed by atoms with Gasteiger partial charge in [0.15, 0.2) is 5.96 Å². The third kappa shape index (κ3) is 7.46. The van der Waals surface area contributed by atoms with Gasteiger partial charge < -0.3 is 11.1 Å². The summed E-state index contributed by atoms with van der Waals surface area (Å²) in [6.45, 7) is 3.65. The van der Waals surface area contributed by atoms with Crippen molar-refractivity contribution in [1.29, 1.82) is 0 Å². The molecule has 0 aliphatic carbocycles. The van der Waals surface area contributed by atoms with Crippen molar-refractivity contribution in [3.05, 3.63) is 66.0 Å². The predicted octanol–water partition coefficient (Wildman–Crippen LogP) is 3.20. The van der Waals surface area contributed by atoms with Gasteiger partial charge in [-0.3, -0.25) is 14.9 Å². The van der Waals surface area contributed by atoms with Crippen LogP contribution in [0, 0.1) is 0 Å². The highest BCUT2D eigenvalue weighted by atomic mass is 127. The summed E-state index contributed by atoms with van der Waals surface area (Å²) >= 11 is 0. The summed E-state index contributed by atoms with van der Waals surface area (Å²) in [6, 6.07) is 17.1. The minimum atomic E-state index is 0. The monoisotopic (exact) mass is 479 g/mol. The lowest BCUT2D eigenvalue weighted by atomic mass is 10.0. The van der Waals surface area contributed by atoms with Gasteiger partial charge in [0.25, 0.3) is 0 Å². The molecule has 3 N–H and O–H groups in total. The van der Waals surface area contributed by atoms with Crippen LogP contribution >= 0.6 is 24.0 Å². The molecule has 0 amide bonds. The maximum atomic E-state index is 6.05. The first-order valence-electron chi connectivity index (χ1n) is 9.53. The molecule has 0 spiro atoms. The van der Waals surface area contributed by atoms with E-state index < -0.39 is 0 Å². The molecule has 2 aromatic rings. The highest BCUT2D eigenvalue weighted by molar-refractivity contribution is 14.0. The van der Waals surface area contributed by atoms with Crippen LogP contribution in [0.15, 0.2) is 59.7 Å².